The second-order valence-corrected chi connectivity index (χ2v) is 6.26. The van der Waals surface area contributed by atoms with Crippen molar-refractivity contribution in [2.75, 3.05) is 13.1 Å². The zero-order valence-corrected chi connectivity index (χ0v) is 13.2. The number of aryl methyl sites for hydroxylation is 1. The van der Waals surface area contributed by atoms with Crippen molar-refractivity contribution in [3.05, 3.63) is 39.7 Å². The van der Waals surface area contributed by atoms with Gasteiger partial charge in [0, 0.05) is 23.1 Å². The van der Waals surface area contributed by atoms with E-state index in [0.29, 0.717) is 5.58 Å². The highest BCUT2D eigenvalue weighted by Gasteiger charge is 2.17. The SMILES string of the molecule is CCc1cc2c(C[NH+]3CCCCCC3)cc(=O)oc2cc1O. The summed E-state index contributed by atoms with van der Waals surface area (Å²) in [4.78, 5) is 13.4. The molecule has 0 unspecified atom stereocenters. The molecule has 1 aliphatic rings. The maximum absolute atomic E-state index is 11.8. The molecule has 2 aromatic rings. The highest BCUT2D eigenvalue weighted by atomic mass is 16.4. The van der Waals surface area contributed by atoms with Crippen molar-refractivity contribution in [2.45, 2.75) is 45.6 Å². The van der Waals surface area contributed by atoms with E-state index in [9.17, 15) is 9.90 Å². The van der Waals surface area contributed by atoms with E-state index in [-0.39, 0.29) is 11.4 Å². The van der Waals surface area contributed by atoms with E-state index in [1.807, 2.05) is 13.0 Å². The lowest BCUT2D eigenvalue weighted by atomic mass is 10.0. The molecule has 2 heterocycles. The van der Waals surface area contributed by atoms with E-state index in [4.69, 9.17) is 4.42 Å². The normalized spacial score (nSPS) is 16.8. The average molecular weight is 302 g/mol. The van der Waals surface area contributed by atoms with Crippen molar-refractivity contribution in [2.24, 2.45) is 0 Å². The molecule has 4 nitrogen and oxygen atoms in total. The van der Waals surface area contributed by atoms with Gasteiger partial charge in [-0.3, -0.25) is 0 Å². The predicted molar refractivity (Wildman–Crippen MR) is 86.4 cm³/mol. The van der Waals surface area contributed by atoms with Gasteiger partial charge in [-0.15, -0.1) is 0 Å². The van der Waals surface area contributed by atoms with Crippen LogP contribution < -0.4 is 10.5 Å². The van der Waals surface area contributed by atoms with Crippen molar-refractivity contribution < 1.29 is 14.4 Å². The number of hydrogen-bond donors (Lipinski definition) is 2. The number of phenols is 1. The van der Waals surface area contributed by atoms with Gasteiger partial charge in [-0.1, -0.05) is 6.92 Å². The molecule has 118 valence electrons. The Morgan fingerprint density at radius 3 is 2.50 bits per heavy atom. The predicted octanol–water partition coefficient (Wildman–Crippen LogP) is 2.02. The maximum atomic E-state index is 11.8. The molecule has 0 saturated carbocycles. The van der Waals surface area contributed by atoms with Crippen molar-refractivity contribution in [3.8, 4) is 5.75 Å². The molecule has 0 spiro atoms. The lowest BCUT2D eigenvalue weighted by Gasteiger charge is -2.18. The zero-order valence-electron chi connectivity index (χ0n) is 13.2. The summed E-state index contributed by atoms with van der Waals surface area (Å²) in [5, 5.41) is 10.9. The van der Waals surface area contributed by atoms with E-state index >= 15 is 0 Å². The molecule has 3 rings (SSSR count). The molecule has 0 amide bonds. The van der Waals surface area contributed by atoms with E-state index in [1.54, 1.807) is 12.1 Å². The Balaban J connectivity index is 2.01. The quantitative estimate of drug-likeness (QED) is 0.853. The molecule has 0 aliphatic carbocycles. The number of benzene rings is 1. The minimum atomic E-state index is -0.333. The van der Waals surface area contributed by atoms with E-state index in [2.05, 4.69) is 0 Å². The van der Waals surface area contributed by atoms with Crippen LogP contribution in [0.1, 0.15) is 43.7 Å². The minimum absolute atomic E-state index is 0.206. The van der Waals surface area contributed by atoms with Crippen LogP contribution in [0, 0.1) is 0 Å². The van der Waals surface area contributed by atoms with Crippen molar-refractivity contribution in [1.29, 1.82) is 0 Å². The molecule has 2 N–H and O–H groups in total. The molecule has 0 radical (unpaired) electrons. The number of fused-ring (bicyclic) bond motifs is 1. The first-order valence-corrected chi connectivity index (χ1v) is 8.29. The fraction of sp³-hybridized carbons (Fsp3) is 0.500. The molecule has 0 bridgehead atoms. The summed E-state index contributed by atoms with van der Waals surface area (Å²) in [7, 11) is 0. The molecule has 1 aromatic carbocycles. The van der Waals surface area contributed by atoms with Gasteiger partial charge in [-0.2, -0.15) is 0 Å². The minimum Gasteiger partial charge on any atom is -0.508 e. The second-order valence-electron chi connectivity index (χ2n) is 6.26. The van der Waals surface area contributed by atoms with Crippen LogP contribution in [0.15, 0.2) is 27.4 Å². The Morgan fingerprint density at radius 1 is 1.09 bits per heavy atom. The first kappa shape index (κ1) is 15.1. The van der Waals surface area contributed by atoms with Crippen LogP contribution in [-0.4, -0.2) is 18.2 Å². The van der Waals surface area contributed by atoms with Gasteiger partial charge in [0.25, 0.3) is 0 Å². The summed E-state index contributed by atoms with van der Waals surface area (Å²) in [5.41, 5.74) is 2.10. The molecule has 1 aromatic heterocycles. The molecule has 1 fully saturated rings. The Hall–Kier alpha value is -1.81. The highest BCUT2D eigenvalue weighted by molar-refractivity contribution is 5.82. The van der Waals surface area contributed by atoms with Gasteiger partial charge < -0.3 is 14.4 Å². The van der Waals surface area contributed by atoms with E-state index in [1.165, 1.54) is 43.7 Å². The smallest absolute Gasteiger partial charge is 0.336 e. The van der Waals surface area contributed by atoms with Gasteiger partial charge in [-0.25, -0.2) is 4.79 Å². The monoisotopic (exact) mass is 302 g/mol. The highest BCUT2D eigenvalue weighted by Crippen LogP contribution is 2.26. The zero-order chi connectivity index (χ0) is 15.5. The molecule has 1 saturated heterocycles. The number of phenolic OH excluding ortho intramolecular Hbond substituents is 1. The van der Waals surface area contributed by atoms with Gasteiger partial charge in [-0.05, 0) is 43.7 Å². The first-order valence-electron chi connectivity index (χ1n) is 8.29. The summed E-state index contributed by atoms with van der Waals surface area (Å²) < 4.78 is 5.27. The van der Waals surface area contributed by atoms with Crippen LogP contribution in [0.4, 0.5) is 0 Å². The number of aromatic hydroxyl groups is 1. The standard InChI is InChI=1S/C18H23NO3/c1-2-13-9-15-14(12-19-7-5-3-4-6-8-19)10-18(21)22-17(15)11-16(13)20/h9-11,20H,2-8,12H2,1H3/p+1. The number of rotatable bonds is 3. The Bertz CT molecular complexity index is 712. The summed E-state index contributed by atoms with van der Waals surface area (Å²) in [5.74, 6) is 0.206. The molecular formula is C18H24NO3+. The van der Waals surface area contributed by atoms with E-state index in [0.717, 1.165) is 29.5 Å². The third-order valence-electron chi connectivity index (χ3n) is 4.66. The number of quaternary nitrogens is 1. The Morgan fingerprint density at radius 2 is 1.82 bits per heavy atom. The van der Waals surface area contributed by atoms with Gasteiger partial charge in [0.2, 0.25) is 0 Å². The number of nitrogens with one attached hydrogen (secondary N) is 1. The topological polar surface area (TPSA) is 54.9 Å². The summed E-state index contributed by atoms with van der Waals surface area (Å²) in [6, 6.07) is 5.17. The first-order chi connectivity index (χ1) is 10.7. The van der Waals surface area contributed by atoms with Gasteiger partial charge in [0.15, 0.2) is 0 Å². The molecule has 4 heteroatoms. The van der Waals surface area contributed by atoms with Gasteiger partial charge in [0.05, 0.1) is 13.1 Å². The summed E-state index contributed by atoms with van der Waals surface area (Å²) in [6.07, 6.45) is 5.91. The van der Waals surface area contributed by atoms with Crippen LogP contribution in [0.2, 0.25) is 0 Å². The maximum Gasteiger partial charge on any atom is 0.336 e. The molecule has 0 atom stereocenters. The fourth-order valence-electron chi connectivity index (χ4n) is 3.41. The van der Waals surface area contributed by atoms with Crippen molar-refractivity contribution in [1.82, 2.24) is 0 Å². The van der Waals surface area contributed by atoms with Gasteiger partial charge >= 0.3 is 5.63 Å². The Labute approximate surface area is 130 Å². The van der Waals surface area contributed by atoms with Crippen LogP contribution >= 0.6 is 0 Å². The number of hydrogen-bond acceptors (Lipinski definition) is 3. The van der Waals surface area contributed by atoms with Crippen LogP contribution in [-0.2, 0) is 13.0 Å². The van der Waals surface area contributed by atoms with Crippen LogP contribution in [0.3, 0.4) is 0 Å². The molecule has 1 aliphatic heterocycles. The largest absolute Gasteiger partial charge is 0.508 e. The van der Waals surface area contributed by atoms with Crippen molar-refractivity contribution >= 4 is 11.0 Å². The second kappa shape index (κ2) is 6.53. The molecular weight excluding hydrogens is 278 g/mol. The summed E-state index contributed by atoms with van der Waals surface area (Å²) in [6.45, 7) is 5.20. The van der Waals surface area contributed by atoms with Gasteiger partial charge in [0.1, 0.15) is 17.9 Å². The Kier molecular flexibility index (Phi) is 4.48. The van der Waals surface area contributed by atoms with Crippen LogP contribution in [0.25, 0.3) is 11.0 Å². The van der Waals surface area contributed by atoms with Crippen LogP contribution in [0.5, 0.6) is 5.75 Å². The molecule has 22 heavy (non-hydrogen) atoms. The lowest BCUT2D eigenvalue weighted by Crippen LogP contribution is -3.10. The third kappa shape index (κ3) is 3.17. The number of likely N-dealkylation sites (tertiary alicyclic amines) is 1. The summed E-state index contributed by atoms with van der Waals surface area (Å²) >= 11 is 0. The lowest BCUT2D eigenvalue weighted by molar-refractivity contribution is -0.913. The fourth-order valence-corrected chi connectivity index (χ4v) is 3.41. The third-order valence-corrected chi connectivity index (χ3v) is 4.66. The van der Waals surface area contributed by atoms with E-state index < -0.39 is 0 Å². The van der Waals surface area contributed by atoms with Crippen molar-refractivity contribution in [3.63, 3.8) is 0 Å². The average Bonchev–Trinajstić information content (AvgIpc) is 2.75.